The third-order valence-corrected chi connectivity index (χ3v) is 4.92. The lowest BCUT2D eigenvalue weighted by molar-refractivity contribution is 0.0914. The molecule has 2 aromatic carbocycles. The molecular weight excluding hydrogens is 314 g/mol. The Morgan fingerprint density at radius 3 is 2.52 bits per heavy atom. The number of nitrogens with zero attached hydrogens (tertiary/aromatic N) is 1. The van der Waals surface area contributed by atoms with Crippen molar-refractivity contribution in [1.82, 2.24) is 4.57 Å². The van der Waals surface area contributed by atoms with Gasteiger partial charge in [-0.3, -0.25) is 9.36 Å². The van der Waals surface area contributed by atoms with Gasteiger partial charge in [-0.2, -0.15) is 0 Å². The molecule has 0 saturated carbocycles. The summed E-state index contributed by atoms with van der Waals surface area (Å²) in [4.78, 5) is 13.0. The van der Waals surface area contributed by atoms with Crippen LogP contribution in [0.1, 0.15) is 29.3 Å². The molecule has 0 saturated heterocycles. The first-order chi connectivity index (χ1) is 12.1. The molecule has 0 bridgehead atoms. The number of benzene rings is 2. The van der Waals surface area contributed by atoms with Gasteiger partial charge in [0, 0.05) is 10.8 Å². The van der Waals surface area contributed by atoms with Crippen LogP contribution in [0.2, 0.25) is 0 Å². The van der Waals surface area contributed by atoms with Crippen molar-refractivity contribution in [3.8, 4) is 0 Å². The predicted octanol–water partition coefficient (Wildman–Crippen LogP) is 4.55. The number of para-hydroxylation sites is 2. The van der Waals surface area contributed by atoms with Crippen LogP contribution < -0.4 is 0 Å². The fourth-order valence-corrected chi connectivity index (χ4v) is 3.67. The van der Waals surface area contributed by atoms with Crippen molar-refractivity contribution < 1.29 is 14.3 Å². The van der Waals surface area contributed by atoms with Crippen LogP contribution in [0, 0.1) is 0 Å². The van der Waals surface area contributed by atoms with E-state index in [1.54, 1.807) is 10.6 Å². The van der Waals surface area contributed by atoms with Gasteiger partial charge in [-0.05, 0) is 36.8 Å². The average Bonchev–Trinajstić information content (AvgIpc) is 3.28. The Bertz CT molecular complexity index is 1160. The van der Waals surface area contributed by atoms with Gasteiger partial charge < -0.3 is 9.52 Å². The Morgan fingerprint density at radius 2 is 1.72 bits per heavy atom. The molecule has 0 aliphatic carbocycles. The lowest BCUT2D eigenvalue weighted by Crippen LogP contribution is -2.14. The number of carbonyl (C=O) groups is 1. The molecule has 4 heteroatoms. The molecule has 122 valence electrons. The number of aromatic nitrogens is 1. The summed E-state index contributed by atoms with van der Waals surface area (Å²) >= 11 is 0. The molecule has 0 amide bonds. The van der Waals surface area contributed by atoms with Gasteiger partial charge in [0.2, 0.25) is 0 Å². The topological polar surface area (TPSA) is 55.4 Å². The molecule has 1 N–H and O–H groups in total. The highest BCUT2D eigenvalue weighted by molar-refractivity contribution is 6.14. The second-order valence-corrected chi connectivity index (χ2v) is 6.36. The molecule has 4 aromatic rings. The summed E-state index contributed by atoms with van der Waals surface area (Å²) in [5.41, 5.74) is 3.55. The van der Waals surface area contributed by atoms with E-state index in [2.05, 4.69) is 0 Å². The smallest absolute Gasteiger partial charge is 0.262 e. The van der Waals surface area contributed by atoms with E-state index in [4.69, 9.17) is 4.42 Å². The molecule has 0 spiro atoms. The first-order valence-electron chi connectivity index (χ1n) is 8.18. The standard InChI is InChI=1S/C21H15NO3/c1-12-16-10-13-6-2-4-8-15(13)22(16)21(24)19(12)20(23)18-11-14-7-3-5-9-17(14)25-18/h2-11,20,23H,1H3. The minimum Gasteiger partial charge on any atom is -0.458 e. The molecule has 1 aliphatic heterocycles. The van der Waals surface area contributed by atoms with E-state index in [1.807, 2.05) is 61.5 Å². The zero-order valence-corrected chi connectivity index (χ0v) is 13.6. The highest BCUT2D eigenvalue weighted by Crippen LogP contribution is 2.40. The maximum absolute atomic E-state index is 13.0. The van der Waals surface area contributed by atoms with E-state index in [1.165, 1.54) is 0 Å². The number of carbonyl (C=O) groups excluding carboxylic acids is 1. The summed E-state index contributed by atoms with van der Waals surface area (Å²) < 4.78 is 7.43. The number of allylic oxidation sites excluding steroid dienone is 1. The Hall–Kier alpha value is -3.11. The summed E-state index contributed by atoms with van der Waals surface area (Å²) in [5, 5.41) is 12.8. The van der Waals surface area contributed by atoms with Crippen LogP contribution >= 0.6 is 0 Å². The highest BCUT2D eigenvalue weighted by Gasteiger charge is 2.35. The summed E-state index contributed by atoms with van der Waals surface area (Å²) in [5.74, 6) is 0.195. The van der Waals surface area contributed by atoms with Gasteiger partial charge in [0.1, 0.15) is 17.4 Å². The number of hydrogen-bond donors (Lipinski definition) is 1. The van der Waals surface area contributed by atoms with Gasteiger partial charge in [-0.25, -0.2) is 0 Å². The van der Waals surface area contributed by atoms with Crippen LogP contribution in [0.4, 0.5) is 0 Å². The van der Waals surface area contributed by atoms with Crippen molar-refractivity contribution in [2.75, 3.05) is 0 Å². The van der Waals surface area contributed by atoms with Crippen molar-refractivity contribution in [1.29, 1.82) is 0 Å². The molecule has 0 fully saturated rings. The van der Waals surface area contributed by atoms with Gasteiger partial charge in [0.25, 0.3) is 5.91 Å². The maximum atomic E-state index is 13.0. The minimum atomic E-state index is -1.08. The van der Waals surface area contributed by atoms with Crippen LogP contribution in [0.5, 0.6) is 0 Å². The van der Waals surface area contributed by atoms with E-state index in [9.17, 15) is 9.90 Å². The second-order valence-electron chi connectivity index (χ2n) is 6.36. The fourth-order valence-electron chi connectivity index (χ4n) is 3.67. The molecule has 0 radical (unpaired) electrons. The van der Waals surface area contributed by atoms with Crippen LogP contribution in [0.25, 0.3) is 27.4 Å². The van der Waals surface area contributed by atoms with Gasteiger partial charge in [0.15, 0.2) is 0 Å². The minimum absolute atomic E-state index is 0.193. The lowest BCUT2D eigenvalue weighted by Gasteiger charge is -2.10. The number of hydrogen-bond acceptors (Lipinski definition) is 3. The Balaban J connectivity index is 1.65. The first kappa shape index (κ1) is 14.3. The number of fused-ring (bicyclic) bond motifs is 4. The lowest BCUT2D eigenvalue weighted by atomic mass is 10.0. The third kappa shape index (κ3) is 1.88. The quantitative estimate of drug-likeness (QED) is 0.587. The molecule has 4 nitrogen and oxygen atoms in total. The number of furan rings is 1. The summed E-state index contributed by atoms with van der Waals surface area (Å²) in [6.07, 6.45) is -1.08. The van der Waals surface area contributed by atoms with Crippen LogP contribution in [-0.4, -0.2) is 15.6 Å². The Kier molecular flexibility index (Phi) is 2.82. The number of rotatable bonds is 2. The summed E-state index contributed by atoms with van der Waals surface area (Å²) in [7, 11) is 0. The molecule has 1 aliphatic rings. The maximum Gasteiger partial charge on any atom is 0.262 e. The zero-order chi connectivity index (χ0) is 17.1. The SMILES string of the molecule is CC1=C(C(O)c2cc3ccccc3o2)C(=O)n2c1cc1ccccc12. The van der Waals surface area contributed by atoms with Gasteiger partial charge in [0.05, 0.1) is 16.8 Å². The predicted molar refractivity (Wildman–Crippen MR) is 96.3 cm³/mol. The van der Waals surface area contributed by atoms with Crippen LogP contribution in [0.15, 0.2) is 70.7 Å². The van der Waals surface area contributed by atoms with E-state index in [0.29, 0.717) is 16.9 Å². The first-order valence-corrected chi connectivity index (χ1v) is 8.18. The van der Waals surface area contributed by atoms with Crippen molar-refractivity contribution in [2.24, 2.45) is 0 Å². The van der Waals surface area contributed by atoms with Crippen molar-refractivity contribution >= 4 is 33.4 Å². The Labute approximate surface area is 143 Å². The molecule has 25 heavy (non-hydrogen) atoms. The molecule has 3 heterocycles. The van der Waals surface area contributed by atoms with E-state index in [-0.39, 0.29) is 5.91 Å². The van der Waals surface area contributed by atoms with Crippen molar-refractivity contribution in [3.63, 3.8) is 0 Å². The molecular formula is C21H15NO3. The zero-order valence-electron chi connectivity index (χ0n) is 13.6. The Morgan fingerprint density at radius 1 is 1.00 bits per heavy atom. The van der Waals surface area contributed by atoms with Gasteiger partial charge >= 0.3 is 0 Å². The summed E-state index contributed by atoms with van der Waals surface area (Å²) in [6.45, 7) is 1.87. The molecule has 1 atom stereocenters. The van der Waals surface area contributed by atoms with E-state index in [0.717, 1.165) is 27.6 Å². The monoisotopic (exact) mass is 329 g/mol. The number of aliphatic hydroxyl groups excluding tert-OH is 1. The normalized spacial score (nSPS) is 15.4. The molecule has 2 aromatic heterocycles. The van der Waals surface area contributed by atoms with E-state index >= 15 is 0 Å². The van der Waals surface area contributed by atoms with E-state index < -0.39 is 6.10 Å². The van der Waals surface area contributed by atoms with Crippen LogP contribution in [0.3, 0.4) is 0 Å². The second kappa shape index (κ2) is 4.94. The molecule has 5 rings (SSSR count). The summed E-state index contributed by atoms with van der Waals surface area (Å²) in [6, 6.07) is 19.1. The van der Waals surface area contributed by atoms with Gasteiger partial charge in [-0.15, -0.1) is 0 Å². The fraction of sp³-hybridized carbons (Fsp3) is 0.0952. The molecule has 1 unspecified atom stereocenters. The highest BCUT2D eigenvalue weighted by atomic mass is 16.4. The average molecular weight is 329 g/mol. The van der Waals surface area contributed by atoms with Crippen molar-refractivity contribution in [3.05, 3.63) is 77.7 Å². The largest absolute Gasteiger partial charge is 0.458 e. The van der Waals surface area contributed by atoms with Crippen molar-refractivity contribution in [2.45, 2.75) is 13.0 Å². The third-order valence-electron chi connectivity index (χ3n) is 4.92. The van der Waals surface area contributed by atoms with Crippen LogP contribution in [-0.2, 0) is 0 Å². The van der Waals surface area contributed by atoms with Gasteiger partial charge in [-0.1, -0.05) is 36.4 Å². The number of aliphatic hydroxyl groups is 1.